The second kappa shape index (κ2) is 5.43. The zero-order valence-electron chi connectivity index (χ0n) is 12.4. The van der Waals surface area contributed by atoms with Crippen molar-refractivity contribution in [2.45, 2.75) is 39.5 Å². The first kappa shape index (κ1) is 13.4. The van der Waals surface area contributed by atoms with Gasteiger partial charge in [0.2, 0.25) is 5.91 Å². The zero-order chi connectivity index (χ0) is 14.1. The fourth-order valence-corrected chi connectivity index (χ4v) is 3.70. The fourth-order valence-electron chi connectivity index (χ4n) is 3.70. The average Bonchev–Trinajstić information content (AvgIpc) is 3.10. The Morgan fingerprint density at radius 1 is 1.15 bits per heavy atom. The van der Waals surface area contributed by atoms with Gasteiger partial charge in [0.05, 0.1) is 0 Å². The highest BCUT2D eigenvalue weighted by molar-refractivity contribution is 5.94. The molecule has 1 aromatic rings. The van der Waals surface area contributed by atoms with Crippen LogP contribution in [0.1, 0.15) is 37.8 Å². The van der Waals surface area contributed by atoms with E-state index in [0.29, 0.717) is 11.8 Å². The molecule has 0 unspecified atom stereocenters. The lowest BCUT2D eigenvalue weighted by atomic mass is 9.92. The average molecular weight is 269 g/mol. The standard InChI is InChI=1S/C18H23NO/c1-3-13-6-5-7-14(4-2)17(13)19-18(20)16-11-12-8-9-15(16)10-12/h5-9,12,15-16H,3-4,10-11H2,1-2H3,(H,19,20)/t12-,15-,16+/m0/s1. The normalized spacial score (nSPS) is 27.0. The zero-order valence-corrected chi connectivity index (χ0v) is 12.4. The topological polar surface area (TPSA) is 29.1 Å². The maximum atomic E-state index is 12.6. The molecule has 1 aromatic carbocycles. The molecule has 2 bridgehead atoms. The third-order valence-corrected chi connectivity index (χ3v) is 4.86. The third kappa shape index (κ3) is 2.28. The lowest BCUT2D eigenvalue weighted by molar-refractivity contribution is -0.120. The largest absolute Gasteiger partial charge is 0.325 e. The summed E-state index contributed by atoms with van der Waals surface area (Å²) < 4.78 is 0. The Balaban J connectivity index is 1.80. The minimum absolute atomic E-state index is 0.180. The summed E-state index contributed by atoms with van der Waals surface area (Å²) in [5.74, 6) is 1.51. The van der Waals surface area contributed by atoms with Crippen molar-refractivity contribution in [3.8, 4) is 0 Å². The Morgan fingerprint density at radius 3 is 2.35 bits per heavy atom. The van der Waals surface area contributed by atoms with Gasteiger partial charge in [0.1, 0.15) is 0 Å². The number of fused-ring (bicyclic) bond motifs is 2. The Hall–Kier alpha value is -1.57. The number of carbonyl (C=O) groups excluding carboxylic acids is 1. The first-order valence-corrected chi connectivity index (χ1v) is 7.82. The predicted molar refractivity (Wildman–Crippen MR) is 82.7 cm³/mol. The number of anilines is 1. The number of carbonyl (C=O) groups is 1. The molecule has 2 aliphatic carbocycles. The summed E-state index contributed by atoms with van der Waals surface area (Å²) in [5.41, 5.74) is 3.56. The SMILES string of the molecule is CCc1cccc(CC)c1NC(=O)[C@@H]1C[C@H]2C=C[C@H]1C2. The van der Waals surface area contributed by atoms with Gasteiger partial charge in [0, 0.05) is 11.6 Å². The molecular weight excluding hydrogens is 246 g/mol. The molecule has 0 radical (unpaired) electrons. The number of amides is 1. The Kier molecular flexibility index (Phi) is 3.64. The number of aryl methyl sites for hydroxylation is 2. The van der Waals surface area contributed by atoms with Crippen LogP contribution in [0.25, 0.3) is 0 Å². The van der Waals surface area contributed by atoms with Gasteiger partial charge < -0.3 is 5.32 Å². The monoisotopic (exact) mass is 269 g/mol. The Labute approximate surface area is 121 Å². The van der Waals surface area contributed by atoms with Gasteiger partial charge >= 0.3 is 0 Å². The molecule has 1 fully saturated rings. The lowest BCUT2D eigenvalue weighted by Crippen LogP contribution is -2.26. The van der Waals surface area contributed by atoms with Crippen molar-refractivity contribution in [3.63, 3.8) is 0 Å². The summed E-state index contributed by atoms with van der Waals surface area (Å²) >= 11 is 0. The van der Waals surface area contributed by atoms with Crippen molar-refractivity contribution in [1.82, 2.24) is 0 Å². The molecule has 20 heavy (non-hydrogen) atoms. The highest BCUT2D eigenvalue weighted by Crippen LogP contribution is 2.44. The number of allylic oxidation sites excluding steroid dienone is 2. The van der Waals surface area contributed by atoms with E-state index in [1.54, 1.807) is 0 Å². The number of hydrogen-bond donors (Lipinski definition) is 1. The molecule has 1 saturated carbocycles. The molecule has 3 atom stereocenters. The molecule has 106 valence electrons. The summed E-state index contributed by atoms with van der Waals surface area (Å²) in [6.07, 6.45) is 8.65. The minimum atomic E-state index is 0.180. The molecule has 2 heteroatoms. The number of rotatable bonds is 4. The summed E-state index contributed by atoms with van der Waals surface area (Å²) in [6, 6.07) is 6.33. The molecule has 2 nitrogen and oxygen atoms in total. The predicted octanol–water partition coefficient (Wildman–Crippen LogP) is 3.96. The van der Waals surface area contributed by atoms with Crippen LogP contribution >= 0.6 is 0 Å². The molecule has 1 amide bonds. The highest BCUT2D eigenvalue weighted by atomic mass is 16.1. The van der Waals surface area contributed by atoms with Gasteiger partial charge in [-0.3, -0.25) is 4.79 Å². The van der Waals surface area contributed by atoms with Crippen molar-refractivity contribution < 1.29 is 4.79 Å². The van der Waals surface area contributed by atoms with Crippen LogP contribution in [0.3, 0.4) is 0 Å². The van der Waals surface area contributed by atoms with Crippen LogP contribution in [-0.2, 0) is 17.6 Å². The van der Waals surface area contributed by atoms with E-state index >= 15 is 0 Å². The molecule has 0 aliphatic heterocycles. The number of benzene rings is 1. The van der Waals surface area contributed by atoms with E-state index in [1.807, 2.05) is 0 Å². The van der Waals surface area contributed by atoms with Crippen molar-refractivity contribution in [3.05, 3.63) is 41.5 Å². The number of para-hydroxylation sites is 1. The van der Waals surface area contributed by atoms with Crippen LogP contribution in [0.15, 0.2) is 30.4 Å². The van der Waals surface area contributed by atoms with Crippen LogP contribution in [-0.4, -0.2) is 5.91 Å². The van der Waals surface area contributed by atoms with Crippen molar-refractivity contribution in [1.29, 1.82) is 0 Å². The first-order chi connectivity index (χ1) is 9.72. The van der Waals surface area contributed by atoms with E-state index in [1.165, 1.54) is 17.5 Å². The Bertz CT molecular complexity index is 524. The van der Waals surface area contributed by atoms with Gasteiger partial charge in [0.15, 0.2) is 0 Å². The van der Waals surface area contributed by atoms with E-state index in [2.05, 4.69) is 49.5 Å². The van der Waals surface area contributed by atoms with Crippen molar-refractivity contribution in [2.75, 3.05) is 5.32 Å². The van der Waals surface area contributed by atoms with E-state index < -0.39 is 0 Å². The molecule has 2 aliphatic rings. The van der Waals surface area contributed by atoms with E-state index in [-0.39, 0.29) is 11.8 Å². The Morgan fingerprint density at radius 2 is 1.85 bits per heavy atom. The highest BCUT2D eigenvalue weighted by Gasteiger charge is 2.39. The van der Waals surface area contributed by atoms with Crippen LogP contribution in [0.2, 0.25) is 0 Å². The van der Waals surface area contributed by atoms with E-state index in [4.69, 9.17) is 0 Å². The lowest BCUT2D eigenvalue weighted by Gasteiger charge is -2.20. The molecule has 0 heterocycles. The quantitative estimate of drug-likeness (QED) is 0.824. The molecule has 0 saturated heterocycles. The molecule has 3 rings (SSSR count). The summed E-state index contributed by atoms with van der Waals surface area (Å²) in [7, 11) is 0. The van der Waals surface area contributed by atoms with Gasteiger partial charge in [-0.05, 0) is 48.6 Å². The molecule has 0 aromatic heterocycles. The summed E-state index contributed by atoms with van der Waals surface area (Å²) in [6.45, 7) is 4.29. The van der Waals surface area contributed by atoms with E-state index in [9.17, 15) is 4.79 Å². The van der Waals surface area contributed by atoms with Gasteiger partial charge in [-0.1, -0.05) is 44.2 Å². The number of hydrogen-bond acceptors (Lipinski definition) is 1. The van der Waals surface area contributed by atoms with Crippen LogP contribution < -0.4 is 5.32 Å². The molecule has 0 spiro atoms. The maximum Gasteiger partial charge on any atom is 0.228 e. The maximum absolute atomic E-state index is 12.6. The number of nitrogens with one attached hydrogen (secondary N) is 1. The second-order valence-corrected chi connectivity index (χ2v) is 6.03. The summed E-state index contributed by atoms with van der Waals surface area (Å²) in [5, 5.41) is 3.23. The minimum Gasteiger partial charge on any atom is -0.325 e. The third-order valence-electron chi connectivity index (χ3n) is 4.86. The van der Waals surface area contributed by atoms with Crippen LogP contribution in [0.4, 0.5) is 5.69 Å². The van der Waals surface area contributed by atoms with Crippen molar-refractivity contribution in [2.24, 2.45) is 17.8 Å². The van der Waals surface area contributed by atoms with Gasteiger partial charge in [-0.2, -0.15) is 0 Å². The fraction of sp³-hybridized carbons (Fsp3) is 0.500. The molecule has 1 N–H and O–H groups in total. The van der Waals surface area contributed by atoms with Crippen molar-refractivity contribution >= 4 is 11.6 Å². The first-order valence-electron chi connectivity index (χ1n) is 7.82. The smallest absolute Gasteiger partial charge is 0.228 e. The van der Waals surface area contributed by atoms with Gasteiger partial charge in [0.25, 0.3) is 0 Å². The van der Waals surface area contributed by atoms with Gasteiger partial charge in [-0.15, -0.1) is 0 Å². The summed E-state index contributed by atoms with van der Waals surface area (Å²) in [4.78, 5) is 12.6. The van der Waals surface area contributed by atoms with Crippen LogP contribution in [0.5, 0.6) is 0 Å². The second-order valence-electron chi connectivity index (χ2n) is 6.03. The van der Waals surface area contributed by atoms with Crippen LogP contribution in [0, 0.1) is 17.8 Å². The van der Waals surface area contributed by atoms with E-state index in [0.717, 1.165) is 24.9 Å². The molecular formula is C18H23NO. The van der Waals surface area contributed by atoms with Gasteiger partial charge in [-0.25, -0.2) is 0 Å².